The Labute approximate surface area is 139 Å². The van der Waals surface area contributed by atoms with Crippen LogP contribution in [0.3, 0.4) is 0 Å². The van der Waals surface area contributed by atoms with Gasteiger partial charge in [-0.15, -0.1) is 0 Å². The van der Waals surface area contributed by atoms with Gasteiger partial charge in [0.2, 0.25) is 5.91 Å². The summed E-state index contributed by atoms with van der Waals surface area (Å²) in [5.41, 5.74) is 0.760. The van der Waals surface area contributed by atoms with E-state index in [0.29, 0.717) is 17.5 Å². The number of carbonyl (C=O) groups excluding carboxylic acids is 1. The first-order chi connectivity index (χ1) is 11.0. The Morgan fingerprint density at radius 2 is 2.17 bits per heavy atom. The van der Waals surface area contributed by atoms with Crippen molar-refractivity contribution in [2.24, 2.45) is 5.92 Å². The fourth-order valence-electron chi connectivity index (χ4n) is 2.77. The number of nitrogens with zero attached hydrogens (tertiary/aromatic N) is 2. The number of amides is 1. The predicted octanol–water partition coefficient (Wildman–Crippen LogP) is 3.85. The van der Waals surface area contributed by atoms with Gasteiger partial charge in [-0.25, -0.2) is 9.37 Å². The van der Waals surface area contributed by atoms with Gasteiger partial charge in [-0.3, -0.25) is 4.79 Å². The molecule has 2 heterocycles. The zero-order chi connectivity index (χ0) is 16.4. The van der Waals surface area contributed by atoms with E-state index in [1.54, 1.807) is 6.07 Å². The number of ether oxygens (including phenoxy) is 1. The van der Waals surface area contributed by atoms with Crippen molar-refractivity contribution in [2.45, 2.75) is 39.2 Å². The largest absolute Gasteiger partial charge is 0.467 e. The molecule has 0 bridgehead atoms. The first-order valence-corrected chi connectivity index (χ1v) is 8.83. The molecule has 0 unspecified atom stereocenters. The van der Waals surface area contributed by atoms with Crippen molar-refractivity contribution in [3.05, 3.63) is 24.0 Å². The van der Waals surface area contributed by atoms with Gasteiger partial charge in [-0.05, 0) is 24.1 Å². The second kappa shape index (κ2) is 6.83. The monoisotopic (exact) mass is 336 g/mol. The number of rotatable bonds is 4. The average Bonchev–Trinajstić information content (AvgIpc) is 2.88. The Morgan fingerprint density at radius 1 is 1.43 bits per heavy atom. The van der Waals surface area contributed by atoms with Crippen molar-refractivity contribution in [2.75, 3.05) is 13.1 Å². The highest BCUT2D eigenvalue weighted by Gasteiger charge is 2.25. The van der Waals surface area contributed by atoms with Crippen LogP contribution in [0.2, 0.25) is 0 Å². The smallest absolute Gasteiger partial charge is 0.274 e. The van der Waals surface area contributed by atoms with Gasteiger partial charge in [0.25, 0.3) is 5.19 Å². The van der Waals surface area contributed by atoms with Crippen LogP contribution in [0.25, 0.3) is 10.2 Å². The Bertz CT molecular complexity index is 693. The van der Waals surface area contributed by atoms with Gasteiger partial charge < -0.3 is 9.64 Å². The SMILES string of the molecule is CC(C)CC(=O)N1CCC(Oc2nc3ccc(F)cc3s2)CC1. The molecule has 1 saturated heterocycles. The molecule has 0 saturated carbocycles. The van der Waals surface area contributed by atoms with Gasteiger partial charge in [0.15, 0.2) is 0 Å². The minimum absolute atomic E-state index is 0.0727. The lowest BCUT2D eigenvalue weighted by molar-refractivity contribution is -0.133. The molecule has 0 atom stereocenters. The summed E-state index contributed by atoms with van der Waals surface area (Å²) >= 11 is 1.37. The summed E-state index contributed by atoms with van der Waals surface area (Å²) in [6.07, 6.45) is 2.31. The van der Waals surface area contributed by atoms with Crippen LogP contribution >= 0.6 is 11.3 Å². The quantitative estimate of drug-likeness (QED) is 0.852. The third-order valence-electron chi connectivity index (χ3n) is 3.98. The number of piperidine rings is 1. The number of halogens is 1. The summed E-state index contributed by atoms with van der Waals surface area (Å²) < 4.78 is 19.9. The van der Waals surface area contributed by atoms with E-state index in [1.165, 1.54) is 23.5 Å². The predicted molar refractivity (Wildman–Crippen MR) is 89.3 cm³/mol. The molecule has 3 rings (SSSR count). The van der Waals surface area contributed by atoms with Gasteiger partial charge in [0.1, 0.15) is 11.9 Å². The summed E-state index contributed by atoms with van der Waals surface area (Å²) in [5.74, 6) is 0.359. The first-order valence-electron chi connectivity index (χ1n) is 8.02. The van der Waals surface area contributed by atoms with Crippen molar-refractivity contribution in [1.29, 1.82) is 0 Å². The number of fused-ring (bicyclic) bond motifs is 1. The van der Waals surface area contributed by atoms with Crippen LogP contribution in [-0.4, -0.2) is 35.0 Å². The third-order valence-corrected chi connectivity index (χ3v) is 4.88. The Kier molecular flexibility index (Phi) is 4.80. The summed E-state index contributed by atoms with van der Waals surface area (Å²) in [6.45, 7) is 5.58. The Hall–Kier alpha value is -1.69. The fraction of sp³-hybridized carbons (Fsp3) is 0.529. The highest BCUT2D eigenvalue weighted by atomic mass is 32.1. The van der Waals surface area contributed by atoms with Gasteiger partial charge in [-0.1, -0.05) is 25.2 Å². The number of hydrogen-bond acceptors (Lipinski definition) is 4. The van der Waals surface area contributed by atoms with E-state index in [0.717, 1.165) is 36.1 Å². The molecule has 0 aliphatic carbocycles. The van der Waals surface area contributed by atoms with Crippen molar-refractivity contribution < 1.29 is 13.9 Å². The number of benzene rings is 1. The van der Waals surface area contributed by atoms with Crippen molar-refractivity contribution in [3.8, 4) is 5.19 Å². The molecule has 1 aliphatic heterocycles. The van der Waals surface area contributed by atoms with Gasteiger partial charge in [-0.2, -0.15) is 0 Å². The van der Waals surface area contributed by atoms with Crippen LogP contribution in [0, 0.1) is 11.7 Å². The topological polar surface area (TPSA) is 42.4 Å². The van der Waals surface area contributed by atoms with Crippen LogP contribution in [0.15, 0.2) is 18.2 Å². The van der Waals surface area contributed by atoms with Crippen molar-refractivity contribution in [1.82, 2.24) is 9.88 Å². The van der Waals surface area contributed by atoms with E-state index in [9.17, 15) is 9.18 Å². The molecule has 6 heteroatoms. The van der Waals surface area contributed by atoms with E-state index in [2.05, 4.69) is 18.8 Å². The number of thiazole rings is 1. The number of carbonyl (C=O) groups is 1. The summed E-state index contributed by atoms with van der Waals surface area (Å²) in [7, 11) is 0. The van der Waals surface area contributed by atoms with Crippen molar-refractivity contribution >= 4 is 27.5 Å². The maximum Gasteiger partial charge on any atom is 0.274 e. The van der Waals surface area contributed by atoms with E-state index in [1.807, 2.05) is 4.90 Å². The first kappa shape index (κ1) is 16.2. The molecule has 1 aromatic heterocycles. The highest BCUT2D eigenvalue weighted by molar-refractivity contribution is 7.20. The summed E-state index contributed by atoms with van der Waals surface area (Å²) in [6, 6.07) is 4.55. The summed E-state index contributed by atoms with van der Waals surface area (Å²) in [5, 5.41) is 0.581. The minimum Gasteiger partial charge on any atom is -0.467 e. The highest BCUT2D eigenvalue weighted by Crippen LogP contribution is 2.30. The van der Waals surface area contributed by atoms with Crippen molar-refractivity contribution in [3.63, 3.8) is 0 Å². The molecule has 1 aromatic carbocycles. The van der Waals surface area contributed by atoms with Crippen LogP contribution in [0.1, 0.15) is 33.1 Å². The molecule has 0 spiro atoms. The number of likely N-dealkylation sites (tertiary alicyclic amines) is 1. The third kappa shape index (κ3) is 3.99. The maximum absolute atomic E-state index is 13.2. The molecule has 2 aromatic rings. The molecule has 0 radical (unpaired) electrons. The van der Waals surface area contributed by atoms with Gasteiger partial charge in [0, 0.05) is 32.4 Å². The molecular weight excluding hydrogens is 315 g/mol. The molecule has 124 valence electrons. The summed E-state index contributed by atoms with van der Waals surface area (Å²) in [4.78, 5) is 18.4. The molecule has 0 N–H and O–H groups in total. The van der Waals surface area contributed by atoms with E-state index >= 15 is 0 Å². The minimum atomic E-state index is -0.260. The number of aromatic nitrogens is 1. The van der Waals surface area contributed by atoms with Crippen LogP contribution in [0.5, 0.6) is 5.19 Å². The van der Waals surface area contributed by atoms with Crippen LogP contribution in [0.4, 0.5) is 4.39 Å². The lowest BCUT2D eigenvalue weighted by Gasteiger charge is -2.32. The van der Waals surface area contributed by atoms with Crippen LogP contribution < -0.4 is 4.74 Å². The molecule has 1 aliphatic rings. The lowest BCUT2D eigenvalue weighted by Crippen LogP contribution is -2.42. The molecule has 1 amide bonds. The Morgan fingerprint density at radius 3 is 2.87 bits per heavy atom. The standard InChI is InChI=1S/C17H21FN2O2S/c1-11(2)9-16(21)20-7-5-13(6-8-20)22-17-19-14-4-3-12(18)10-15(14)23-17/h3-4,10-11,13H,5-9H2,1-2H3. The molecule has 4 nitrogen and oxygen atoms in total. The number of hydrogen-bond donors (Lipinski definition) is 0. The van der Waals surface area contributed by atoms with E-state index in [-0.39, 0.29) is 17.8 Å². The zero-order valence-corrected chi connectivity index (χ0v) is 14.2. The van der Waals surface area contributed by atoms with Gasteiger partial charge in [0.05, 0.1) is 10.2 Å². The van der Waals surface area contributed by atoms with E-state index in [4.69, 9.17) is 4.74 Å². The fourth-order valence-corrected chi connectivity index (χ4v) is 3.68. The molecular formula is C17H21FN2O2S. The zero-order valence-electron chi connectivity index (χ0n) is 13.4. The maximum atomic E-state index is 13.2. The lowest BCUT2D eigenvalue weighted by atomic mass is 10.1. The normalized spacial score (nSPS) is 16.3. The second-order valence-electron chi connectivity index (χ2n) is 6.39. The molecule has 23 heavy (non-hydrogen) atoms. The Balaban J connectivity index is 1.56. The second-order valence-corrected chi connectivity index (χ2v) is 7.38. The molecule has 1 fully saturated rings. The van der Waals surface area contributed by atoms with Gasteiger partial charge >= 0.3 is 0 Å². The average molecular weight is 336 g/mol. The van der Waals surface area contributed by atoms with Crippen LogP contribution in [-0.2, 0) is 4.79 Å². The van der Waals surface area contributed by atoms with E-state index < -0.39 is 0 Å².